The molecule has 2 amide bonds. The van der Waals surface area contributed by atoms with Gasteiger partial charge in [0, 0.05) is 11.3 Å². The van der Waals surface area contributed by atoms with Crippen LogP contribution in [0.5, 0.6) is 5.75 Å². The van der Waals surface area contributed by atoms with Crippen molar-refractivity contribution in [3.8, 4) is 5.75 Å². The minimum Gasteiger partial charge on any atom is -0.497 e. The minimum absolute atomic E-state index is 0.277. The molecule has 4 rings (SSSR count). The van der Waals surface area contributed by atoms with Crippen molar-refractivity contribution in [2.45, 2.75) is 13.1 Å². The summed E-state index contributed by atoms with van der Waals surface area (Å²) in [6.45, 7) is 1.95. The molecule has 3 aromatic rings. The summed E-state index contributed by atoms with van der Waals surface area (Å²) in [5, 5.41) is 4.69. The van der Waals surface area contributed by atoms with E-state index in [9.17, 15) is 9.59 Å². The molecule has 6 heteroatoms. The van der Waals surface area contributed by atoms with Crippen molar-refractivity contribution in [3.05, 3.63) is 95.1 Å². The largest absolute Gasteiger partial charge is 0.497 e. The summed E-state index contributed by atoms with van der Waals surface area (Å²) in [5.41, 5.74) is 6.35. The van der Waals surface area contributed by atoms with Gasteiger partial charge in [-0.3, -0.25) is 15.0 Å². The number of benzene rings is 3. The van der Waals surface area contributed by atoms with Crippen LogP contribution in [0.25, 0.3) is 0 Å². The lowest BCUT2D eigenvalue weighted by Gasteiger charge is -2.37. The molecule has 0 saturated carbocycles. The third kappa shape index (κ3) is 3.65. The Morgan fingerprint density at radius 2 is 1.69 bits per heavy atom. The van der Waals surface area contributed by atoms with Crippen molar-refractivity contribution in [2.24, 2.45) is 0 Å². The van der Waals surface area contributed by atoms with Gasteiger partial charge in [0.25, 0.3) is 11.8 Å². The monoisotopic (exact) mass is 387 g/mol. The molecule has 1 aliphatic rings. The first kappa shape index (κ1) is 18.6. The number of ether oxygens (including phenoxy) is 1. The molecular formula is C23H21N3O3. The second-order valence-corrected chi connectivity index (χ2v) is 6.85. The van der Waals surface area contributed by atoms with Crippen LogP contribution in [-0.2, 0) is 0 Å². The number of fused-ring (bicyclic) bond motifs is 1. The molecule has 0 aromatic heterocycles. The fourth-order valence-corrected chi connectivity index (χ4v) is 3.27. The summed E-state index contributed by atoms with van der Waals surface area (Å²) in [7, 11) is 1.60. The highest BCUT2D eigenvalue weighted by molar-refractivity contribution is 6.04. The topological polar surface area (TPSA) is 70.7 Å². The molecule has 1 unspecified atom stereocenters. The Kier molecular flexibility index (Phi) is 4.91. The van der Waals surface area contributed by atoms with E-state index in [2.05, 4.69) is 10.7 Å². The first-order valence-electron chi connectivity index (χ1n) is 9.27. The number of rotatable bonds is 4. The molecule has 3 aromatic carbocycles. The number of nitrogens with zero attached hydrogens (tertiary/aromatic N) is 1. The molecule has 1 aliphatic heterocycles. The zero-order valence-corrected chi connectivity index (χ0v) is 16.2. The van der Waals surface area contributed by atoms with Gasteiger partial charge in [-0.25, -0.2) is 5.01 Å². The molecule has 1 atom stereocenters. The van der Waals surface area contributed by atoms with Gasteiger partial charge >= 0.3 is 0 Å². The molecule has 0 aliphatic carbocycles. The van der Waals surface area contributed by atoms with Gasteiger partial charge in [0.2, 0.25) is 0 Å². The van der Waals surface area contributed by atoms with E-state index in [0.29, 0.717) is 16.9 Å². The van der Waals surface area contributed by atoms with E-state index in [4.69, 9.17) is 4.74 Å². The number of anilines is 1. The van der Waals surface area contributed by atoms with Crippen LogP contribution in [0.15, 0.2) is 72.8 Å². The minimum atomic E-state index is -0.558. The maximum absolute atomic E-state index is 13.2. The van der Waals surface area contributed by atoms with Gasteiger partial charge in [-0.15, -0.1) is 0 Å². The summed E-state index contributed by atoms with van der Waals surface area (Å²) < 4.78 is 5.22. The van der Waals surface area contributed by atoms with E-state index in [1.165, 1.54) is 5.01 Å². The molecule has 6 nitrogen and oxygen atoms in total. The molecule has 0 fully saturated rings. The third-order valence-corrected chi connectivity index (χ3v) is 4.89. The van der Waals surface area contributed by atoms with Crippen molar-refractivity contribution in [1.29, 1.82) is 0 Å². The van der Waals surface area contributed by atoms with E-state index >= 15 is 0 Å². The lowest BCUT2D eigenvalue weighted by atomic mass is 10.0. The standard InChI is InChI=1S/C23H21N3O3/c1-15-7-9-17(10-8-15)22(27)25-26-21(16-11-13-18(29-2)14-12-16)24-20-6-4-3-5-19(20)23(26)28/h3-14,21,24H,1-2H3,(H,25,27). The molecule has 1 heterocycles. The Labute approximate surface area is 169 Å². The third-order valence-electron chi connectivity index (χ3n) is 4.89. The predicted molar refractivity (Wildman–Crippen MR) is 111 cm³/mol. The Hall–Kier alpha value is -3.80. The summed E-state index contributed by atoms with van der Waals surface area (Å²) in [6, 6.07) is 21.8. The summed E-state index contributed by atoms with van der Waals surface area (Å²) in [5.74, 6) is 0.0881. The summed E-state index contributed by atoms with van der Waals surface area (Å²) in [6.07, 6.45) is -0.558. The van der Waals surface area contributed by atoms with Gasteiger partial charge in [-0.2, -0.15) is 0 Å². The predicted octanol–water partition coefficient (Wildman–Crippen LogP) is 3.92. The average Bonchev–Trinajstić information content (AvgIpc) is 2.76. The van der Waals surface area contributed by atoms with Crippen molar-refractivity contribution in [3.63, 3.8) is 0 Å². The van der Waals surface area contributed by atoms with E-state index < -0.39 is 6.17 Å². The highest BCUT2D eigenvalue weighted by atomic mass is 16.5. The molecular weight excluding hydrogens is 366 g/mol. The molecule has 29 heavy (non-hydrogen) atoms. The van der Waals surface area contributed by atoms with E-state index in [1.807, 2.05) is 55.5 Å². The maximum atomic E-state index is 13.2. The molecule has 2 N–H and O–H groups in total. The SMILES string of the molecule is COc1ccc(C2Nc3ccccc3C(=O)N2NC(=O)c2ccc(C)cc2)cc1. The Morgan fingerprint density at radius 1 is 1.00 bits per heavy atom. The Morgan fingerprint density at radius 3 is 2.38 bits per heavy atom. The van der Waals surface area contributed by atoms with Gasteiger partial charge in [-0.05, 0) is 48.9 Å². The maximum Gasteiger partial charge on any atom is 0.276 e. The van der Waals surface area contributed by atoms with E-state index in [0.717, 1.165) is 16.8 Å². The number of hydrogen-bond acceptors (Lipinski definition) is 4. The number of amides is 2. The van der Waals surface area contributed by atoms with Crippen LogP contribution in [0.2, 0.25) is 0 Å². The average molecular weight is 387 g/mol. The normalized spacial score (nSPS) is 15.3. The quantitative estimate of drug-likeness (QED) is 0.712. The highest BCUT2D eigenvalue weighted by Gasteiger charge is 2.34. The van der Waals surface area contributed by atoms with Gasteiger partial charge in [0.15, 0.2) is 0 Å². The summed E-state index contributed by atoms with van der Waals surface area (Å²) in [4.78, 5) is 26.0. The number of hydrogen-bond donors (Lipinski definition) is 2. The molecule has 0 bridgehead atoms. The molecule has 0 spiro atoms. The number of carbonyl (C=O) groups excluding carboxylic acids is 2. The summed E-state index contributed by atoms with van der Waals surface area (Å²) >= 11 is 0. The van der Waals surface area contributed by atoms with Crippen LogP contribution >= 0.6 is 0 Å². The lowest BCUT2D eigenvalue weighted by molar-refractivity contribution is 0.0491. The fourth-order valence-electron chi connectivity index (χ4n) is 3.27. The van der Waals surface area contributed by atoms with Crippen molar-refractivity contribution >= 4 is 17.5 Å². The van der Waals surface area contributed by atoms with Gasteiger partial charge in [0.1, 0.15) is 11.9 Å². The molecule has 146 valence electrons. The van der Waals surface area contributed by atoms with Crippen molar-refractivity contribution in [2.75, 3.05) is 12.4 Å². The number of aryl methyl sites for hydroxylation is 1. The second-order valence-electron chi connectivity index (χ2n) is 6.85. The van der Waals surface area contributed by atoms with E-state index in [-0.39, 0.29) is 11.8 Å². The number of carbonyl (C=O) groups is 2. The fraction of sp³-hybridized carbons (Fsp3) is 0.130. The van der Waals surface area contributed by atoms with Gasteiger partial charge in [0.05, 0.1) is 12.7 Å². The van der Waals surface area contributed by atoms with E-state index in [1.54, 1.807) is 31.4 Å². The van der Waals surface area contributed by atoms with Gasteiger partial charge < -0.3 is 10.1 Å². The van der Waals surface area contributed by atoms with Gasteiger partial charge in [-0.1, -0.05) is 42.0 Å². The van der Waals surface area contributed by atoms with Crippen LogP contribution in [0.4, 0.5) is 5.69 Å². The van der Waals surface area contributed by atoms with Crippen LogP contribution in [0.1, 0.15) is 38.0 Å². The Bertz CT molecular complexity index is 1050. The number of hydrazine groups is 1. The van der Waals surface area contributed by atoms with Crippen LogP contribution in [0, 0.1) is 6.92 Å². The first-order valence-corrected chi connectivity index (χ1v) is 9.27. The van der Waals surface area contributed by atoms with Crippen molar-refractivity contribution in [1.82, 2.24) is 10.4 Å². The van der Waals surface area contributed by atoms with Crippen LogP contribution < -0.4 is 15.5 Å². The zero-order valence-electron chi connectivity index (χ0n) is 16.2. The van der Waals surface area contributed by atoms with Crippen LogP contribution in [0.3, 0.4) is 0 Å². The second kappa shape index (κ2) is 7.67. The molecule has 0 radical (unpaired) electrons. The lowest BCUT2D eigenvalue weighted by Crippen LogP contribution is -2.52. The first-order chi connectivity index (χ1) is 14.1. The Balaban J connectivity index is 1.69. The number of para-hydroxylation sites is 1. The zero-order chi connectivity index (χ0) is 20.4. The number of nitrogens with one attached hydrogen (secondary N) is 2. The van der Waals surface area contributed by atoms with Crippen molar-refractivity contribution < 1.29 is 14.3 Å². The smallest absolute Gasteiger partial charge is 0.276 e. The highest BCUT2D eigenvalue weighted by Crippen LogP contribution is 2.32. The molecule has 0 saturated heterocycles. The van der Waals surface area contributed by atoms with Crippen LogP contribution in [-0.4, -0.2) is 23.9 Å². The number of methoxy groups -OCH3 is 1.